The van der Waals surface area contributed by atoms with Crippen LogP contribution in [0.5, 0.6) is 0 Å². The van der Waals surface area contributed by atoms with Gasteiger partial charge in [0.25, 0.3) is 10.2 Å². The van der Waals surface area contributed by atoms with Gasteiger partial charge in [-0.1, -0.05) is 11.8 Å². The second-order valence-electron chi connectivity index (χ2n) is 4.15. The maximum atomic E-state index is 13.7. The number of aliphatic hydroxyl groups excluding tert-OH is 1. The molecule has 0 atom stereocenters. The first-order valence-corrected chi connectivity index (χ1v) is 7.18. The highest BCUT2D eigenvalue weighted by atomic mass is 32.2. The minimum atomic E-state index is -3.74. The van der Waals surface area contributed by atoms with Gasteiger partial charge in [0.1, 0.15) is 12.4 Å². The van der Waals surface area contributed by atoms with Gasteiger partial charge in [-0.15, -0.1) is 0 Å². The SMILES string of the molecule is O=S(=O)(Nc1ccc(C#CCO)cc1F)NC1CC1. The molecule has 102 valence electrons. The molecule has 0 saturated heterocycles. The van der Waals surface area contributed by atoms with E-state index in [-0.39, 0.29) is 18.3 Å². The average Bonchev–Trinajstić information content (AvgIpc) is 3.12. The van der Waals surface area contributed by atoms with Gasteiger partial charge in [0.15, 0.2) is 0 Å². The monoisotopic (exact) mass is 284 g/mol. The number of hydrogen-bond donors (Lipinski definition) is 3. The Labute approximate surface area is 111 Å². The van der Waals surface area contributed by atoms with Crippen LogP contribution in [-0.4, -0.2) is 26.2 Å². The highest BCUT2D eigenvalue weighted by Gasteiger charge is 2.27. The number of benzene rings is 1. The molecule has 5 nitrogen and oxygen atoms in total. The lowest BCUT2D eigenvalue weighted by molar-refractivity contribution is 0.350. The molecule has 1 aromatic rings. The molecule has 1 aliphatic carbocycles. The van der Waals surface area contributed by atoms with Crippen molar-refractivity contribution in [1.29, 1.82) is 0 Å². The van der Waals surface area contributed by atoms with E-state index in [2.05, 4.69) is 21.3 Å². The lowest BCUT2D eigenvalue weighted by atomic mass is 10.2. The Kier molecular flexibility index (Phi) is 4.04. The standard InChI is InChI=1S/C12H13FN2O3S/c13-11-8-9(2-1-7-16)3-6-12(11)15-19(17,18)14-10-4-5-10/h3,6,8,10,14-16H,4-5,7H2. The number of anilines is 1. The predicted octanol–water partition coefficient (Wildman–Crippen LogP) is 0.578. The van der Waals surface area contributed by atoms with Crippen molar-refractivity contribution in [2.24, 2.45) is 0 Å². The highest BCUT2D eigenvalue weighted by molar-refractivity contribution is 7.90. The average molecular weight is 284 g/mol. The second-order valence-corrected chi connectivity index (χ2v) is 5.60. The van der Waals surface area contributed by atoms with Crippen molar-refractivity contribution in [2.45, 2.75) is 18.9 Å². The van der Waals surface area contributed by atoms with Gasteiger partial charge >= 0.3 is 0 Å². The molecule has 19 heavy (non-hydrogen) atoms. The van der Waals surface area contributed by atoms with Crippen LogP contribution >= 0.6 is 0 Å². The molecule has 1 aromatic carbocycles. The molecule has 0 amide bonds. The van der Waals surface area contributed by atoms with Crippen LogP contribution in [0.2, 0.25) is 0 Å². The summed E-state index contributed by atoms with van der Waals surface area (Å²) in [5.74, 6) is 4.20. The third-order valence-electron chi connectivity index (χ3n) is 2.42. The fraction of sp³-hybridized carbons (Fsp3) is 0.333. The van der Waals surface area contributed by atoms with Crippen LogP contribution < -0.4 is 9.44 Å². The van der Waals surface area contributed by atoms with Crippen LogP contribution in [0.1, 0.15) is 18.4 Å². The first-order valence-electron chi connectivity index (χ1n) is 5.69. The van der Waals surface area contributed by atoms with Crippen LogP contribution in [0.25, 0.3) is 0 Å². The summed E-state index contributed by atoms with van der Waals surface area (Å²) in [7, 11) is -3.74. The van der Waals surface area contributed by atoms with Crippen LogP contribution in [0.4, 0.5) is 10.1 Å². The highest BCUT2D eigenvalue weighted by Crippen LogP contribution is 2.21. The fourth-order valence-corrected chi connectivity index (χ4v) is 2.60. The van der Waals surface area contributed by atoms with Gasteiger partial charge < -0.3 is 5.11 Å². The molecule has 0 heterocycles. The summed E-state index contributed by atoms with van der Waals surface area (Å²) in [5, 5.41) is 8.53. The molecule has 0 spiro atoms. The molecule has 0 bridgehead atoms. The Hall–Kier alpha value is -1.62. The number of hydrogen-bond acceptors (Lipinski definition) is 3. The largest absolute Gasteiger partial charge is 0.384 e. The van der Waals surface area contributed by atoms with Gasteiger partial charge in [0.05, 0.1) is 5.69 Å². The van der Waals surface area contributed by atoms with Gasteiger partial charge in [-0.2, -0.15) is 13.1 Å². The normalized spacial score (nSPS) is 14.6. The number of aliphatic hydroxyl groups is 1. The van der Waals surface area contributed by atoms with Gasteiger partial charge in [0.2, 0.25) is 0 Å². The molecule has 2 rings (SSSR count). The van der Waals surface area contributed by atoms with E-state index >= 15 is 0 Å². The second kappa shape index (κ2) is 5.57. The summed E-state index contributed by atoms with van der Waals surface area (Å²) in [5.41, 5.74) is 0.229. The van der Waals surface area contributed by atoms with Crippen molar-refractivity contribution in [1.82, 2.24) is 4.72 Å². The Morgan fingerprint density at radius 3 is 2.74 bits per heavy atom. The van der Waals surface area contributed by atoms with Gasteiger partial charge in [-0.05, 0) is 31.0 Å². The van der Waals surface area contributed by atoms with E-state index < -0.39 is 16.0 Å². The number of rotatable bonds is 4. The molecule has 1 saturated carbocycles. The quantitative estimate of drug-likeness (QED) is 0.708. The van der Waals surface area contributed by atoms with Crippen molar-refractivity contribution < 1.29 is 17.9 Å². The zero-order valence-electron chi connectivity index (χ0n) is 9.98. The van der Waals surface area contributed by atoms with E-state index in [1.54, 1.807) is 0 Å². The third-order valence-corrected chi connectivity index (χ3v) is 3.56. The maximum Gasteiger partial charge on any atom is 0.299 e. The minimum Gasteiger partial charge on any atom is -0.384 e. The molecular formula is C12H13FN2O3S. The van der Waals surface area contributed by atoms with Crippen LogP contribution in [-0.2, 0) is 10.2 Å². The van der Waals surface area contributed by atoms with Gasteiger partial charge in [-0.25, -0.2) is 4.39 Å². The molecule has 3 N–H and O–H groups in total. The summed E-state index contributed by atoms with van der Waals surface area (Å²) in [6, 6.07) is 3.83. The van der Waals surface area contributed by atoms with Crippen LogP contribution in [0.3, 0.4) is 0 Å². The van der Waals surface area contributed by atoms with Crippen molar-refractivity contribution in [3.63, 3.8) is 0 Å². The van der Waals surface area contributed by atoms with Crippen molar-refractivity contribution in [2.75, 3.05) is 11.3 Å². The zero-order valence-corrected chi connectivity index (χ0v) is 10.8. The van der Waals surface area contributed by atoms with E-state index in [4.69, 9.17) is 5.11 Å². The molecule has 1 aliphatic rings. The summed E-state index contributed by atoms with van der Waals surface area (Å²) in [6.07, 6.45) is 1.61. The van der Waals surface area contributed by atoms with Gasteiger partial charge in [-0.3, -0.25) is 4.72 Å². The molecule has 0 unspecified atom stereocenters. The molecular weight excluding hydrogens is 271 g/mol. The molecule has 0 radical (unpaired) electrons. The number of nitrogens with one attached hydrogen (secondary N) is 2. The Bertz CT molecular complexity index is 630. The van der Waals surface area contributed by atoms with E-state index in [0.717, 1.165) is 18.9 Å². The third kappa shape index (κ3) is 4.21. The minimum absolute atomic E-state index is 0.0461. The van der Waals surface area contributed by atoms with Crippen LogP contribution in [0.15, 0.2) is 18.2 Å². The Morgan fingerprint density at radius 2 is 2.16 bits per heavy atom. The number of halogens is 1. The summed E-state index contributed by atoms with van der Waals surface area (Å²) in [6.45, 7) is -0.318. The Morgan fingerprint density at radius 1 is 1.42 bits per heavy atom. The topological polar surface area (TPSA) is 78.4 Å². The Balaban J connectivity index is 2.12. The first-order chi connectivity index (χ1) is 9.00. The lowest BCUT2D eigenvalue weighted by Gasteiger charge is -2.09. The zero-order chi connectivity index (χ0) is 13.9. The van der Waals surface area contributed by atoms with E-state index in [0.29, 0.717) is 5.56 Å². The molecule has 0 aromatic heterocycles. The van der Waals surface area contributed by atoms with E-state index in [1.807, 2.05) is 0 Å². The van der Waals surface area contributed by atoms with E-state index in [9.17, 15) is 12.8 Å². The molecule has 0 aliphatic heterocycles. The smallest absolute Gasteiger partial charge is 0.299 e. The van der Waals surface area contributed by atoms with Crippen molar-refractivity contribution in [3.8, 4) is 11.8 Å². The molecule has 7 heteroatoms. The van der Waals surface area contributed by atoms with Crippen molar-refractivity contribution in [3.05, 3.63) is 29.6 Å². The summed E-state index contributed by atoms with van der Waals surface area (Å²) in [4.78, 5) is 0. The summed E-state index contributed by atoms with van der Waals surface area (Å²) < 4.78 is 41.4. The lowest BCUT2D eigenvalue weighted by Crippen LogP contribution is -2.32. The molecule has 1 fully saturated rings. The van der Waals surface area contributed by atoms with E-state index in [1.165, 1.54) is 12.1 Å². The van der Waals surface area contributed by atoms with Crippen LogP contribution in [0, 0.1) is 17.7 Å². The van der Waals surface area contributed by atoms with Gasteiger partial charge in [0, 0.05) is 11.6 Å². The van der Waals surface area contributed by atoms with Crippen molar-refractivity contribution >= 4 is 15.9 Å². The fourth-order valence-electron chi connectivity index (χ4n) is 1.41. The first kappa shape index (κ1) is 13.8. The predicted molar refractivity (Wildman–Crippen MR) is 69.1 cm³/mol. The summed E-state index contributed by atoms with van der Waals surface area (Å²) >= 11 is 0. The maximum absolute atomic E-state index is 13.7.